The third-order valence-corrected chi connectivity index (χ3v) is 6.41. The molecule has 1 aliphatic carbocycles. The largest absolute Gasteiger partial charge is 0.497 e. The van der Waals surface area contributed by atoms with E-state index in [4.69, 9.17) is 14.5 Å². The van der Waals surface area contributed by atoms with Crippen molar-refractivity contribution < 1.29 is 14.3 Å². The maximum absolute atomic E-state index is 13.5. The van der Waals surface area contributed by atoms with E-state index in [1.807, 2.05) is 42.5 Å². The average Bonchev–Trinajstić information content (AvgIpc) is 3.27. The smallest absolute Gasteiger partial charge is 0.228 e. The summed E-state index contributed by atoms with van der Waals surface area (Å²) in [4.78, 5) is 27.2. The minimum Gasteiger partial charge on any atom is -0.497 e. The summed E-state index contributed by atoms with van der Waals surface area (Å²) in [5.74, 6) is 2.10. The zero-order valence-corrected chi connectivity index (χ0v) is 19.1. The molecule has 1 aliphatic heterocycles. The van der Waals surface area contributed by atoms with Crippen LogP contribution in [0.1, 0.15) is 43.7 Å². The Labute approximate surface area is 196 Å². The molecule has 170 valence electrons. The van der Waals surface area contributed by atoms with Gasteiger partial charge in [0.15, 0.2) is 11.4 Å². The fourth-order valence-electron chi connectivity index (χ4n) is 4.88. The number of nitrogens with zero attached hydrogens (tertiary/aromatic N) is 5. The van der Waals surface area contributed by atoms with Crippen LogP contribution in [0.25, 0.3) is 17.2 Å². The van der Waals surface area contributed by atoms with Gasteiger partial charge in [-0.1, -0.05) is 32.0 Å². The zero-order chi connectivity index (χ0) is 23.4. The molecule has 0 saturated heterocycles. The Balaban J connectivity index is 1.59. The topological polar surface area (TPSA) is 91.5 Å². The van der Waals surface area contributed by atoms with Crippen LogP contribution in [0.15, 0.2) is 66.3 Å². The number of benzene rings is 1. The first-order valence-corrected chi connectivity index (χ1v) is 11.2. The second-order valence-corrected chi connectivity index (χ2v) is 9.47. The Hall–Kier alpha value is -4.07. The quantitative estimate of drug-likeness (QED) is 0.455. The van der Waals surface area contributed by atoms with Gasteiger partial charge in [0.2, 0.25) is 11.7 Å². The third kappa shape index (κ3) is 3.25. The van der Waals surface area contributed by atoms with Gasteiger partial charge in [0.1, 0.15) is 23.5 Å². The summed E-state index contributed by atoms with van der Waals surface area (Å²) in [7, 11) is 1.63. The Morgan fingerprint density at radius 1 is 1.09 bits per heavy atom. The van der Waals surface area contributed by atoms with E-state index in [0.29, 0.717) is 47.2 Å². The van der Waals surface area contributed by atoms with Crippen molar-refractivity contribution in [2.75, 3.05) is 7.11 Å². The first kappa shape index (κ1) is 20.5. The molecule has 0 amide bonds. The monoisotopic (exact) mass is 453 g/mol. The van der Waals surface area contributed by atoms with Crippen LogP contribution >= 0.6 is 0 Å². The van der Waals surface area contributed by atoms with Crippen molar-refractivity contribution in [2.45, 2.75) is 32.6 Å². The average molecular weight is 454 g/mol. The fraction of sp³-hybridized carbons (Fsp3) is 0.269. The number of ketones is 1. The number of hydrogen-bond acceptors (Lipinski definition) is 7. The van der Waals surface area contributed by atoms with Crippen LogP contribution in [-0.4, -0.2) is 37.5 Å². The number of carbonyl (C=O) groups excluding carboxylic acids is 1. The van der Waals surface area contributed by atoms with Crippen LogP contribution in [-0.2, 0) is 4.79 Å². The fourth-order valence-corrected chi connectivity index (χ4v) is 4.88. The predicted molar refractivity (Wildman–Crippen MR) is 125 cm³/mol. The van der Waals surface area contributed by atoms with E-state index in [-0.39, 0.29) is 17.1 Å². The van der Waals surface area contributed by atoms with Gasteiger partial charge in [0, 0.05) is 30.5 Å². The van der Waals surface area contributed by atoms with Crippen LogP contribution in [0.5, 0.6) is 11.6 Å². The van der Waals surface area contributed by atoms with Gasteiger partial charge in [-0.2, -0.15) is 0 Å². The van der Waals surface area contributed by atoms with Crippen molar-refractivity contribution >= 4 is 11.4 Å². The molecule has 0 fully saturated rings. The molecule has 8 nitrogen and oxygen atoms in total. The Morgan fingerprint density at radius 2 is 1.91 bits per heavy atom. The van der Waals surface area contributed by atoms with Gasteiger partial charge >= 0.3 is 0 Å². The molecule has 1 aromatic carbocycles. The van der Waals surface area contributed by atoms with Crippen molar-refractivity contribution in [3.05, 3.63) is 77.4 Å². The number of Topliss-reactive ketones (excluding diaryl/α,β-unsaturated/α-hetero) is 1. The molecule has 0 N–H and O–H groups in total. The highest BCUT2D eigenvalue weighted by Crippen LogP contribution is 2.50. The third-order valence-electron chi connectivity index (χ3n) is 6.41. The molecule has 4 aromatic rings. The Bertz CT molecular complexity index is 1460. The van der Waals surface area contributed by atoms with Gasteiger partial charge in [0.05, 0.1) is 12.7 Å². The van der Waals surface area contributed by atoms with Crippen molar-refractivity contribution in [1.82, 2.24) is 24.6 Å². The lowest BCUT2D eigenvalue weighted by atomic mass is 9.70. The highest BCUT2D eigenvalue weighted by atomic mass is 16.5. The lowest BCUT2D eigenvalue weighted by Crippen LogP contribution is -2.33. The van der Waals surface area contributed by atoms with E-state index in [0.717, 1.165) is 16.9 Å². The molecule has 3 aromatic heterocycles. The molecule has 6 rings (SSSR count). The van der Waals surface area contributed by atoms with Crippen molar-refractivity contribution in [3.63, 3.8) is 0 Å². The van der Waals surface area contributed by atoms with Gasteiger partial charge in [-0.05, 0) is 35.2 Å². The number of ether oxygens (including phenoxy) is 2. The van der Waals surface area contributed by atoms with Crippen LogP contribution in [0.2, 0.25) is 0 Å². The molecule has 2 aliphatic rings. The number of methoxy groups -OCH3 is 1. The molecule has 0 spiro atoms. The summed E-state index contributed by atoms with van der Waals surface area (Å²) in [5, 5.41) is 4.60. The lowest BCUT2D eigenvalue weighted by molar-refractivity contribution is -0.118. The summed E-state index contributed by atoms with van der Waals surface area (Å²) in [6.07, 6.45) is 4.43. The van der Waals surface area contributed by atoms with Gasteiger partial charge < -0.3 is 9.47 Å². The predicted octanol–water partition coefficient (Wildman–Crippen LogP) is 4.36. The number of rotatable bonds is 3. The molecule has 34 heavy (non-hydrogen) atoms. The highest BCUT2D eigenvalue weighted by Gasteiger charge is 2.44. The van der Waals surface area contributed by atoms with Crippen LogP contribution in [0.3, 0.4) is 0 Å². The first-order valence-electron chi connectivity index (χ1n) is 11.2. The number of pyridine rings is 1. The van der Waals surface area contributed by atoms with E-state index in [2.05, 4.69) is 28.9 Å². The zero-order valence-electron chi connectivity index (χ0n) is 19.1. The van der Waals surface area contributed by atoms with Crippen LogP contribution < -0.4 is 9.47 Å². The minimum absolute atomic E-state index is 0.0872. The number of carbonyl (C=O) groups is 1. The summed E-state index contributed by atoms with van der Waals surface area (Å²) in [6, 6.07) is 13.4. The summed E-state index contributed by atoms with van der Waals surface area (Å²) < 4.78 is 13.3. The van der Waals surface area contributed by atoms with Gasteiger partial charge in [0.25, 0.3) is 0 Å². The lowest BCUT2D eigenvalue weighted by Gasteiger charge is -2.37. The van der Waals surface area contributed by atoms with Gasteiger partial charge in [-0.15, -0.1) is 5.10 Å². The maximum atomic E-state index is 13.5. The number of aromatic nitrogens is 5. The van der Waals surface area contributed by atoms with E-state index < -0.39 is 0 Å². The van der Waals surface area contributed by atoms with Gasteiger partial charge in [-0.3, -0.25) is 9.78 Å². The Morgan fingerprint density at radius 3 is 2.65 bits per heavy atom. The molecule has 0 bridgehead atoms. The van der Waals surface area contributed by atoms with E-state index in [9.17, 15) is 4.79 Å². The van der Waals surface area contributed by atoms with E-state index in [1.54, 1.807) is 24.1 Å². The summed E-state index contributed by atoms with van der Waals surface area (Å²) in [6.45, 7) is 4.18. The van der Waals surface area contributed by atoms with Crippen molar-refractivity contribution in [1.29, 1.82) is 0 Å². The molecule has 4 heterocycles. The summed E-state index contributed by atoms with van der Waals surface area (Å²) >= 11 is 0. The number of hydrogen-bond donors (Lipinski definition) is 0. The second kappa shape index (κ2) is 7.48. The molecular formula is C26H23N5O3. The van der Waals surface area contributed by atoms with E-state index in [1.165, 1.54) is 0 Å². The molecule has 8 heteroatoms. The van der Waals surface area contributed by atoms with Crippen LogP contribution in [0, 0.1) is 5.41 Å². The molecule has 0 radical (unpaired) electrons. The van der Waals surface area contributed by atoms with E-state index >= 15 is 0 Å². The van der Waals surface area contributed by atoms with Gasteiger partial charge in [-0.25, -0.2) is 14.5 Å². The SMILES string of the molecule is COc1ccc([C@H]2C3=C(CC(C)(C)CC3=O)Oc3ncn4nc(-c5ccccn5)nc4c32)cc1. The number of fused-ring (bicyclic) bond motifs is 3. The molecule has 0 unspecified atom stereocenters. The standard InChI is InChI=1S/C26H23N5O3/c1-26(2)12-18(32)21-19(13-26)34-25-22(20(21)15-7-9-16(33-3)10-8-15)24-29-23(30-31(24)14-28-25)17-6-4-5-11-27-17/h4-11,14,20H,12-13H2,1-3H3/t20-/m0/s1. The summed E-state index contributed by atoms with van der Waals surface area (Å²) in [5.41, 5.74) is 3.43. The normalized spacial score (nSPS) is 18.9. The second-order valence-electron chi connectivity index (χ2n) is 9.47. The first-order chi connectivity index (χ1) is 16.4. The molecule has 1 atom stereocenters. The molecule has 0 saturated carbocycles. The highest BCUT2D eigenvalue weighted by molar-refractivity contribution is 6.00. The minimum atomic E-state index is -0.370. The van der Waals surface area contributed by atoms with Crippen LogP contribution in [0.4, 0.5) is 0 Å². The molecular weight excluding hydrogens is 430 g/mol. The maximum Gasteiger partial charge on any atom is 0.228 e. The van der Waals surface area contributed by atoms with Crippen molar-refractivity contribution in [3.8, 4) is 23.1 Å². The van der Waals surface area contributed by atoms with Crippen molar-refractivity contribution in [2.24, 2.45) is 5.41 Å². The number of allylic oxidation sites excluding steroid dienone is 2. The Kier molecular flexibility index (Phi) is 4.52.